The van der Waals surface area contributed by atoms with E-state index in [1.807, 2.05) is 11.8 Å². The molecule has 1 N–H and O–H groups in total. The first-order valence-corrected chi connectivity index (χ1v) is 7.94. The second-order valence-electron chi connectivity index (χ2n) is 3.66. The normalized spacial score (nSPS) is 20.2. The van der Waals surface area contributed by atoms with Crippen LogP contribution < -0.4 is 4.72 Å². The molecule has 1 aliphatic heterocycles. The van der Waals surface area contributed by atoms with Crippen molar-refractivity contribution >= 4 is 21.8 Å². The number of nitrogens with one attached hydrogen (secondary N) is 1. The summed E-state index contributed by atoms with van der Waals surface area (Å²) in [5.74, 6) is 2.22. The van der Waals surface area contributed by atoms with Crippen molar-refractivity contribution in [1.82, 2.24) is 9.62 Å². The Bertz CT molecular complexity index is 344. The topological polar surface area (TPSA) is 73.2 Å². The van der Waals surface area contributed by atoms with E-state index in [2.05, 4.69) is 9.62 Å². The lowest BCUT2D eigenvalue weighted by Gasteiger charge is -2.26. The van der Waals surface area contributed by atoms with Crippen molar-refractivity contribution in [3.05, 3.63) is 0 Å². The Balaban J connectivity index is 2.27. The molecule has 92 valence electrons. The Kier molecular flexibility index (Phi) is 5.55. The summed E-state index contributed by atoms with van der Waals surface area (Å²) >= 11 is 1.92. The fraction of sp³-hybridized carbons (Fsp3) is 0.889. The smallest absolute Gasteiger partial charge is 0.227 e. The van der Waals surface area contributed by atoms with Crippen LogP contribution in [0, 0.1) is 11.3 Å². The molecule has 7 heteroatoms. The van der Waals surface area contributed by atoms with Crippen LogP contribution in [0.1, 0.15) is 6.92 Å². The van der Waals surface area contributed by atoms with Gasteiger partial charge in [0.15, 0.2) is 5.25 Å². The number of nitrogens with zero attached hydrogens (tertiary/aromatic N) is 2. The molecule has 1 saturated heterocycles. The van der Waals surface area contributed by atoms with Crippen molar-refractivity contribution in [2.45, 2.75) is 12.2 Å². The second-order valence-corrected chi connectivity index (χ2v) is 6.98. The molecule has 0 aliphatic carbocycles. The van der Waals surface area contributed by atoms with Gasteiger partial charge in [0, 0.05) is 37.7 Å². The third kappa shape index (κ3) is 4.29. The van der Waals surface area contributed by atoms with E-state index in [4.69, 9.17) is 5.26 Å². The van der Waals surface area contributed by atoms with E-state index in [1.54, 1.807) is 6.07 Å². The highest BCUT2D eigenvalue weighted by atomic mass is 32.2. The number of thioether (sulfide) groups is 1. The fourth-order valence-electron chi connectivity index (χ4n) is 1.37. The average Bonchev–Trinajstić information content (AvgIpc) is 2.29. The molecule has 0 aromatic heterocycles. The first-order valence-electron chi connectivity index (χ1n) is 5.24. The zero-order chi connectivity index (χ0) is 12.0. The van der Waals surface area contributed by atoms with Crippen LogP contribution in [-0.2, 0) is 10.0 Å². The van der Waals surface area contributed by atoms with E-state index in [0.29, 0.717) is 6.54 Å². The monoisotopic (exact) mass is 263 g/mol. The molecular formula is C9H17N3O2S2. The van der Waals surface area contributed by atoms with Crippen LogP contribution in [0.15, 0.2) is 0 Å². The predicted molar refractivity (Wildman–Crippen MR) is 65.8 cm³/mol. The molecule has 5 nitrogen and oxygen atoms in total. The van der Waals surface area contributed by atoms with Crippen LogP contribution >= 0.6 is 11.8 Å². The zero-order valence-electron chi connectivity index (χ0n) is 9.35. The Labute approximate surface area is 101 Å². The molecule has 0 bridgehead atoms. The molecule has 0 radical (unpaired) electrons. The molecule has 0 amide bonds. The van der Waals surface area contributed by atoms with E-state index in [1.165, 1.54) is 6.92 Å². The van der Waals surface area contributed by atoms with E-state index in [9.17, 15) is 8.42 Å². The number of hydrogen-bond donors (Lipinski definition) is 1. The van der Waals surface area contributed by atoms with Crippen molar-refractivity contribution in [1.29, 1.82) is 5.26 Å². The van der Waals surface area contributed by atoms with Crippen molar-refractivity contribution in [3.8, 4) is 6.07 Å². The summed E-state index contributed by atoms with van der Waals surface area (Å²) in [7, 11) is -3.45. The van der Waals surface area contributed by atoms with Crippen LogP contribution in [0.2, 0.25) is 0 Å². The Morgan fingerprint density at radius 2 is 2.12 bits per heavy atom. The highest BCUT2D eigenvalue weighted by molar-refractivity contribution is 7.99. The van der Waals surface area contributed by atoms with Gasteiger partial charge in [-0.05, 0) is 6.92 Å². The zero-order valence-corrected chi connectivity index (χ0v) is 11.0. The number of sulfonamides is 1. The predicted octanol–water partition coefficient (Wildman–Crippen LogP) is -0.133. The first kappa shape index (κ1) is 13.8. The summed E-state index contributed by atoms with van der Waals surface area (Å²) in [5, 5.41) is 7.55. The van der Waals surface area contributed by atoms with Gasteiger partial charge in [0.25, 0.3) is 0 Å². The first-order chi connectivity index (χ1) is 7.56. The van der Waals surface area contributed by atoms with Gasteiger partial charge in [-0.15, -0.1) is 0 Å². The molecule has 0 saturated carbocycles. The van der Waals surface area contributed by atoms with Gasteiger partial charge >= 0.3 is 0 Å². The van der Waals surface area contributed by atoms with E-state index in [-0.39, 0.29) is 0 Å². The quantitative estimate of drug-likeness (QED) is 0.748. The van der Waals surface area contributed by atoms with Crippen LogP contribution in [-0.4, -0.2) is 56.3 Å². The van der Waals surface area contributed by atoms with Crippen LogP contribution in [0.5, 0.6) is 0 Å². The maximum atomic E-state index is 11.4. The fourth-order valence-corrected chi connectivity index (χ4v) is 3.11. The lowest BCUT2D eigenvalue weighted by atomic mass is 10.5. The summed E-state index contributed by atoms with van der Waals surface area (Å²) < 4.78 is 25.4. The third-order valence-electron chi connectivity index (χ3n) is 2.48. The van der Waals surface area contributed by atoms with Gasteiger partial charge in [-0.3, -0.25) is 0 Å². The van der Waals surface area contributed by atoms with Crippen molar-refractivity contribution in [3.63, 3.8) is 0 Å². The molecule has 1 atom stereocenters. The van der Waals surface area contributed by atoms with E-state index < -0.39 is 15.3 Å². The van der Waals surface area contributed by atoms with E-state index >= 15 is 0 Å². The Morgan fingerprint density at radius 3 is 2.69 bits per heavy atom. The van der Waals surface area contributed by atoms with Crippen LogP contribution in [0.25, 0.3) is 0 Å². The number of hydrogen-bond acceptors (Lipinski definition) is 5. The van der Waals surface area contributed by atoms with Crippen molar-refractivity contribution in [2.75, 3.05) is 37.7 Å². The Morgan fingerprint density at radius 1 is 1.50 bits per heavy atom. The third-order valence-corrected chi connectivity index (χ3v) is 5.07. The van der Waals surface area contributed by atoms with Gasteiger partial charge in [-0.25, -0.2) is 13.1 Å². The lowest BCUT2D eigenvalue weighted by Crippen LogP contribution is -2.41. The maximum absolute atomic E-state index is 11.4. The van der Waals surface area contributed by atoms with Crippen molar-refractivity contribution in [2.24, 2.45) is 0 Å². The van der Waals surface area contributed by atoms with Crippen LogP contribution in [0.3, 0.4) is 0 Å². The van der Waals surface area contributed by atoms with Crippen molar-refractivity contribution < 1.29 is 8.42 Å². The van der Waals surface area contributed by atoms with Gasteiger partial charge in [0.05, 0.1) is 6.07 Å². The molecule has 1 rings (SSSR count). The molecule has 1 unspecified atom stereocenters. The number of nitriles is 1. The van der Waals surface area contributed by atoms with Gasteiger partial charge in [-0.1, -0.05) is 0 Å². The summed E-state index contributed by atoms with van der Waals surface area (Å²) in [6, 6.07) is 1.73. The summed E-state index contributed by atoms with van der Waals surface area (Å²) in [6.07, 6.45) is 0. The molecule has 16 heavy (non-hydrogen) atoms. The highest BCUT2D eigenvalue weighted by Gasteiger charge is 2.19. The van der Waals surface area contributed by atoms with Crippen LogP contribution in [0.4, 0.5) is 0 Å². The maximum Gasteiger partial charge on any atom is 0.227 e. The minimum atomic E-state index is -3.45. The minimum absolute atomic E-state index is 0.388. The molecular weight excluding hydrogens is 246 g/mol. The summed E-state index contributed by atoms with van der Waals surface area (Å²) in [4.78, 5) is 2.23. The van der Waals surface area contributed by atoms with Gasteiger partial charge < -0.3 is 4.90 Å². The molecule has 0 aromatic carbocycles. The SMILES string of the molecule is CC(C#N)S(=O)(=O)NCCN1CCSCC1. The summed E-state index contributed by atoms with van der Waals surface area (Å²) in [6.45, 7) is 4.53. The highest BCUT2D eigenvalue weighted by Crippen LogP contribution is 2.08. The molecule has 0 aromatic rings. The lowest BCUT2D eigenvalue weighted by molar-refractivity contribution is 0.307. The largest absolute Gasteiger partial charge is 0.300 e. The van der Waals surface area contributed by atoms with Gasteiger partial charge in [0.1, 0.15) is 0 Å². The van der Waals surface area contributed by atoms with E-state index in [0.717, 1.165) is 31.1 Å². The Hall–Kier alpha value is -0.290. The molecule has 0 spiro atoms. The molecule has 1 aliphatic rings. The number of rotatable bonds is 5. The summed E-state index contributed by atoms with van der Waals surface area (Å²) in [5.41, 5.74) is 0. The average molecular weight is 263 g/mol. The molecule has 1 heterocycles. The van der Waals surface area contributed by atoms with Gasteiger partial charge in [0.2, 0.25) is 10.0 Å². The minimum Gasteiger partial charge on any atom is -0.300 e. The van der Waals surface area contributed by atoms with Gasteiger partial charge in [-0.2, -0.15) is 17.0 Å². The molecule has 1 fully saturated rings. The second kappa shape index (κ2) is 6.45. The standard InChI is InChI=1S/C9H17N3O2S2/c1-9(8-10)16(13,14)11-2-3-12-4-6-15-7-5-12/h9,11H,2-7H2,1H3.